The Bertz CT molecular complexity index is 919. The molecule has 1 aromatic heterocycles. The van der Waals surface area contributed by atoms with Gasteiger partial charge in [-0.3, -0.25) is 0 Å². The number of pyridine rings is 1. The van der Waals surface area contributed by atoms with Crippen molar-refractivity contribution in [2.75, 3.05) is 13.6 Å². The topological polar surface area (TPSA) is 37.7 Å². The van der Waals surface area contributed by atoms with E-state index in [4.69, 9.17) is 4.74 Å². The van der Waals surface area contributed by atoms with E-state index in [0.29, 0.717) is 5.88 Å². The van der Waals surface area contributed by atoms with E-state index in [9.17, 15) is 0 Å². The third kappa shape index (κ3) is 3.99. The maximum Gasteiger partial charge on any atom is 0.234 e. The van der Waals surface area contributed by atoms with Crippen molar-refractivity contribution in [2.24, 2.45) is 4.99 Å². The lowest BCUT2D eigenvalue weighted by molar-refractivity contribution is 0.463. The van der Waals surface area contributed by atoms with Gasteiger partial charge in [0, 0.05) is 19.0 Å². The standard InChI is InChI=1S/C20H20BrN3O/c1-4-24(3)13-22-18-12-17(21)20(23-14(18)2)25-19-11-7-9-15-8-5-6-10-16(15)19/h5-13H,4H2,1-3H3/b22-13+. The van der Waals surface area contributed by atoms with Crippen molar-refractivity contribution in [1.82, 2.24) is 9.88 Å². The summed E-state index contributed by atoms with van der Waals surface area (Å²) in [6.45, 7) is 4.91. The van der Waals surface area contributed by atoms with Gasteiger partial charge in [0.1, 0.15) is 5.75 Å². The molecule has 0 saturated carbocycles. The fourth-order valence-corrected chi connectivity index (χ4v) is 2.77. The van der Waals surface area contributed by atoms with E-state index in [1.807, 2.05) is 61.6 Å². The van der Waals surface area contributed by atoms with E-state index in [1.54, 1.807) is 0 Å². The van der Waals surface area contributed by atoms with Gasteiger partial charge in [-0.05, 0) is 47.3 Å². The molecule has 128 valence electrons. The Hall–Kier alpha value is -2.40. The Morgan fingerprint density at radius 2 is 1.96 bits per heavy atom. The van der Waals surface area contributed by atoms with Gasteiger partial charge in [0.05, 0.1) is 22.2 Å². The second kappa shape index (κ2) is 7.66. The molecule has 25 heavy (non-hydrogen) atoms. The molecule has 3 aromatic rings. The number of rotatable bonds is 5. The van der Waals surface area contributed by atoms with Crippen molar-refractivity contribution in [3.8, 4) is 11.6 Å². The summed E-state index contributed by atoms with van der Waals surface area (Å²) in [5.41, 5.74) is 1.64. The van der Waals surface area contributed by atoms with Crippen LogP contribution in [0.2, 0.25) is 0 Å². The van der Waals surface area contributed by atoms with Crippen LogP contribution in [0.5, 0.6) is 11.6 Å². The number of fused-ring (bicyclic) bond motifs is 1. The number of hydrogen-bond donors (Lipinski definition) is 0. The van der Waals surface area contributed by atoms with Crippen LogP contribution in [0, 0.1) is 6.92 Å². The molecule has 0 aliphatic heterocycles. The second-order valence-electron chi connectivity index (χ2n) is 5.78. The van der Waals surface area contributed by atoms with E-state index in [2.05, 4.69) is 45.0 Å². The Morgan fingerprint density at radius 1 is 1.20 bits per heavy atom. The zero-order valence-electron chi connectivity index (χ0n) is 14.5. The lowest BCUT2D eigenvalue weighted by Gasteiger charge is -2.12. The highest BCUT2D eigenvalue weighted by Gasteiger charge is 2.11. The van der Waals surface area contributed by atoms with Gasteiger partial charge in [-0.1, -0.05) is 36.4 Å². The number of benzene rings is 2. The zero-order chi connectivity index (χ0) is 17.8. The minimum absolute atomic E-state index is 0.539. The van der Waals surface area contributed by atoms with Crippen LogP contribution in [0.3, 0.4) is 0 Å². The van der Waals surface area contributed by atoms with Crippen LogP contribution in [0.25, 0.3) is 10.8 Å². The molecule has 0 radical (unpaired) electrons. The maximum absolute atomic E-state index is 6.08. The minimum atomic E-state index is 0.539. The molecule has 0 spiro atoms. The fourth-order valence-electron chi connectivity index (χ4n) is 2.38. The summed E-state index contributed by atoms with van der Waals surface area (Å²) in [6.07, 6.45) is 1.81. The van der Waals surface area contributed by atoms with Gasteiger partial charge in [0.25, 0.3) is 0 Å². The lowest BCUT2D eigenvalue weighted by Crippen LogP contribution is -2.14. The first-order chi connectivity index (χ1) is 12.1. The average Bonchev–Trinajstić information content (AvgIpc) is 2.63. The quantitative estimate of drug-likeness (QED) is 0.408. The first kappa shape index (κ1) is 17.4. The van der Waals surface area contributed by atoms with Gasteiger partial charge in [-0.15, -0.1) is 0 Å². The van der Waals surface area contributed by atoms with Gasteiger partial charge >= 0.3 is 0 Å². The molecular formula is C20H20BrN3O. The number of aliphatic imine (C=N–C) groups is 1. The Labute approximate surface area is 156 Å². The summed E-state index contributed by atoms with van der Waals surface area (Å²) in [4.78, 5) is 11.1. The van der Waals surface area contributed by atoms with E-state index >= 15 is 0 Å². The zero-order valence-corrected chi connectivity index (χ0v) is 16.1. The first-order valence-electron chi connectivity index (χ1n) is 8.15. The molecule has 0 bridgehead atoms. The third-order valence-corrected chi connectivity index (χ3v) is 4.52. The molecule has 3 rings (SSSR count). The molecular weight excluding hydrogens is 378 g/mol. The van der Waals surface area contributed by atoms with E-state index in [0.717, 1.165) is 38.9 Å². The highest BCUT2D eigenvalue weighted by Crippen LogP contribution is 2.35. The summed E-state index contributed by atoms with van der Waals surface area (Å²) in [5.74, 6) is 1.32. The largest absolute Gasteiger partial charge is 0.437 e. The van der Waals surface area contributed by atoms with E-state index in [-0.39, 0.29) is 0 Å². The fraction of sp³-hybridized carbons (Fsp3) is 0.200. The van der Waals surface area contributed by atoms with Crippen molar-refractivity contribution >= 4 is 38.7 Å². The average molecular weight is 398 g/mol. The van der Waals surface area contributed by atoms with Gasteiger partial charge in [0.2, 0.25) is 5.88 Å². The number of aromatic nitrogens is 1. The monoisotopic (exact) mass is 397 g/mol. The SMILES string of the molecule is CCN(C)/C=N/c1cc(Br)c(Oc2cccc3ccccc23)nc1C. The number of halogens is 1. The van der Waals surface area contributed by atoms with Crippen molar-refractivity contribution < 1.29 is 4.74 Å². The number of ether oxygens (including phenoxy) is 1. The molecule has 0 aliphatic carbocycles. The van der Waals surface area contributed by atoms with Crippen molar-refractivity contribution in [1.29, 1.82) is 0 Å². The van der Waals surface area contributed by atoms with Crippen molar-refractivity contribution in [3.63, 3.8) is 0 Å². The molecule has 4 nitrogen and oxygen atoms in total. The van der Waals surface area contributed by atoms with Crippen LogP contribution >= 0.6 is 15.9 Å². The second-order valence-corrected chi connectivity index (χ2v) is 6.63. The molecule has 0 N–H and O–H groups in total. The number of nitrogens with zero attached hydrogens (tertiary/aromatic N) is 3. The lowest BCUT2D eigenvalue weighted by atomic mass is 10.1. The van der Waals surface area contributed by atoms with Gasteiger partial charge in [0.15, 0.2) is 0 Å². The van der Waals surface area contributed by atoms with Crippen LogP contribution in [0.1, 0.15) is 12.6 Å². The molecule has 0 unspecified atom stereocenters. The highest BCUT2D eigenvalue weighted by atomic mass is 79.9. The van der Waals surface area contributed by atoms with E-state index in [1.165, 1.54) is 0 Å². The van der Waals surface area contributed by atoms with Gasteiger partial charge in [-0.2, -0.15) is 0 Å². The molecule has 2 aromatic carbocycles. The molecule has 0 atom stereocenters. The summed E-state index contributed by atoms with van der Waals surface area (Å²) >= 11 is 3.55. The van der Waals surface area contributed by atoms with Crippen LogP contribution in [-0.2, 0) is 0 Å². The Morgan fingerprint density at radius 3 is 2.76 bits per heavy atom. The predicted octanol–water partition coefficient (Wildman–Crippen LogP) is 5.71. The van der Waals surface area contributed by atoms with Crippen molar-refractivity contribution in [2.45, 2.75) is 13.8 Å². The summed E-state index contributed by atoms with van der Waals surface area (Å²) in [6, 6.07) is 16.1. The third-order valence-electron chi connectivity index (χ3n) is 3.96. The number of hydrogen-bond acceptors (Lipinski definition) is 3. The number of aryl methyl sites for hydroxylation is 1. The van der Waals surface area contributed by atoms with Crippen LogP contribution in [-0.4, -0.2) is 29.8 Å². The molecule has 1 heterocycles. The Kier molecular flexibility index (Phi) is 5.34. The van der Waals surface area contributed by atoms with Crippen LogP contribution in [0.4, 0.5) is 5.69 Å². The predicted molar refractivity (Wildman–Crippen MR) is 107 cm³/mol. The van der Waals surface area contributed by atoms with Gasteiger partial charge in [-0.25, -0.2) is 9.98 Å². The molecule has 0 amide bonds. The summed E-state index contributed by atoms with van der Waals surface area (Å²) in [5, 5.41) is 2.19. The first-order valence-corrected chi connectivity index (χ1v) is 8.95. The maximum atomic E-state index is 6.08. The van der Waals surface area contributed by atoms with Crippen LogP contribution < -0.4 is 4.74 Å². The van der Waals surface area contributed by atoms with E-state index < -0.39 is 0 Å². The highest BCUT2D eigenvalue weighted by molar-refractivity contribution is 9.10. The molecule has 5 heteroatoms. The Balaban J connectivity index is 1.93. The summed E-state index contributed by atoms with van der Waals surface area (Å²) in [7, 11) is 1.99. The normalized spacial score (nSPS) is 11.2. The minimum Gasteiger partial charge on any atom is -0.437 e. The summed E-state index contributed by atoms with van der Waals surface area (Å²) < 4.78 is 6.86. The molecule has 0 saturated heterocycles. The van der Waals surface area contributed by atoms with Crippen molar-refractivity contribution in [3.05, 3.63) is 58.7 Å². The van der Waals surface area contributed by atoms with Gasteiger partial charge < -0.3 is 9.64 Å². The smallest absolute Gasteiger partial charge is 0.234 e. The molecule has 0 aliphatic rings. The van der Waals surface area contributed by atoms with Crippen LogP contribution in [0.15, 0.2) is 58.0 Å². The molecule has 0 fully saturated rings.